The Bertz CT molecular complexity index is 387. The van der Waals surface area contributed by atoms with E-state index in [0.717, 1.165) is 19.4 Å². The Morgan fingerprint density at radius 1 is 1.47 bits per heavy atom. The van der Waals surface area contributed by atoms with Crippen molar-refractivity contribution in [2.24, 2.45) is 0 Å². The summed E-state index contributed by atoms with van der Waals surface area (Å²) in [5.74, 6) is -0.843. The molecule has 1 aliphatic carbocycles. The summed E-state index contributed by atoms with van der Waals surface area (Å²) in [4.78, 5) is 10.8. The van der Waals surface area contributed by atoms with Gasteiger partial charge in [0.1, 0.15) is 0 Å². The molecule has 0 radical (unpaired) electrons. The predicted octanol–water partition coefficient (Wildman–Crippen LogP) is 1.46. The molecule has 0 bridgehead atoms. The van der Waals surface area contributed by atoms with Crippen LogP contribution < -0.4 is 5.32 Å². The zero-order valence-electron chi connectivity index (χ0n) is 8.79. The van der Waals surface area contributed by atoms with Crippen molar-refractivity contribution in [2.45, 2.75) is 25.8 Å². The standard InChI is InChI=1S/C12H15NO2/c1-2-13-11-6-8-3-4-9(12(14)15)5-10(8)7-11/h3-5,11,13H,2,6-7H2,1H3,(H,14,15). The summed E-state index contributed by atoms with van der Waals surface area (Å²) in [6.45, 7) is 3.05. The van der Waals surface area contributed by atoms with E-state index in [1.807, 2.05) is 6.07 Å². The van der Waals surface area contributed by atoms with Crippen LogP contribution in [-0.2, 0) is 12.8 Å². The van der Waals surface area contributed by atoms with Crippen LogP contribution in [0, 0.1) is 0 Å². The molecule has 2 N–H and O–H groups in total. The Hall–Kier alpha value is -1.35. The quantitative estimate of drug-likeness (QED) is 0.785. The van der Waals surface area contributed by atoms with E-state index in [0.29, 0.717) is 11.6 Å². The average molecular weight is 205 g/mol. The molecule has 0 heterocycles. The van der Waals surface area contributed by atoms with Gasteiger partial charge in [-0.2, -0.15) is 0 Å². The fourth-order valence-corrected chi connectivity index (χ4v) is 2.18. The normalized spacial score (nSPS) is 18.9. The molecule has 3 heteroatoms. The Kier molecular flexibility index (Phi) is 2.73. The largest absolute Gasteiger partial charge is 0.478 e. The van der Waals surface area contributed by atoms with Gasteiger partial charge in [-0.05, 0) is 42.6 Å². The number of carboxylic acid groups (broad SMARTS) is 1. The molecule has 1 atom stereocenters. The molecule has 1 unspecified atom stereocenters. The van der Waals surface area contributed by atoms with Crippen LogP contribution in [0.25, 0.3) is 0 Å². The van der Waals surface area contributed by atoms with E-state index < -0.39 is 5.97 Å². The van der Waals surface area contributed by atoms with Crippen LogP contribution >= 0.6 is 0 Å². The lowest BCUT2D eigenvalue weighted by atomic mass is 10.1. The minimum atomic E-state index is -0.843. The zero-order chi connectivity index (χ0) is 10.8. The van der Waals surface area contributed by atoms with Crippen molar-refractivity contribution in [2.75, 3.05) is 6.54 Å². The van der Waals surface area contributed by atoms with Gasteiger partial charge in [0.25, 0.3) is 0 Å². The van der Waals surface area contributed by atoms with Crippen LogP contribution in [0.5, 0.6) is 0 Å². The third-order valence-electron chi connectivity index (χ3n) is 2.88. The van der Waals surface area contributed by atoms with E-state index in [2.05, 4.69) is 12.2 Å². The van der Waals surface area contributed by atoms with E-state index in [9.17, 15) is 4.79 Å². The van der Waals surface area contributed by atoms with Gasteiger partial charge in [0.2, 0.25) is 0 Å². The van der Waals surface area contributed by atoms with E-state index in [4.69, 9.17) is 5.11 Å². The summed E-state index contributed by atoms with van der Waals surface area (Å²) >= 11 is 0. The van der Waals surface area contributed by atoms with Crippen molar-refractivity contribution in [3.8, 4) is 0 Å². The number of carboxylic acids is 1. The molecule has 0 aromatic heterocycles. The van der Waals surface area contributed by atoms with Gasteiger partial charge in [0.05, 0.1) is 5.56 Å². The van der Waals surface area contributed by atoms with Gasteiger partial charge >= 0.3 is 5.97 Å². The van der Waals surface area contributed by atoms with Crippen molar-refractivity contribution in [1.82, 2.24) is 5.32 Å². The second kappa shape index (κ2) is 4.03. The number of rotatable bonds is 3. The maximum Gasteiger partial charge on any atom is 0.335 e. The number of hydrogen-bond acceptors (Lipinski definition) is 2. The number of likely N-dealkylation sites (N-methyl/N-ethyl adjacent to an activating group) is 1. The molecule has 1 aromatic carbocycles. The first-order chi connectivity index (χ1) is 7.20. The number of nitrogens with one attached hydrogen (secondary N) is 1. The highest BCUT2D eigenvalue weighted by Crippen LogP contribution is 2.23. The van der Waals surface area contributed by atoms with Gasteiger partial charge in [-0.3, -0.25) is 0 Å². The molecule has 1 aliphatic rings. The molecular weight excluding hydrogens is 190 g/mol. The molecule has 1 aromatic rings. The number of benzene rings is 1. The molecule has 0 fully saturated rings. The average Bonchev–Trinajstić information content (AvgIpc) is 2.59. The lowest BCUT2D eigenvalue weighted by Crippen LogP contribution is -2.28. The van der Waals surface area contributed by atoms with Gasteiger partial charge in [0.15, 0.2) is 0 Å². The first-order valence-corrected chi connectivity index (χ1v) is 5.29. The van der Waals surface area contributed by atoms with Crippen molar-refractivity contribution in [3.05, 3.63) is 34.9 Å². The summed E-state index contributed by atoms with van der Waals surface area (Å²) in [6, 6.07) is 5.91. The van der Waals surface area contributed by atoms with Crippen molar-refractivity contribution in [3.63, 3.8) is 0 Å². The van der Waals surface area contributed by atoms with Crippen molar-refractivity contribution < 1.29 is 9.90 Å². The first-order valence-electron chi connectivity index (χ1n) is 5.29. The van der Waals surface area contributed by atoms with Crippen LogP contribution in [0.1, 0.15) is 28.4 Å². The first kappa shape index (κ1) is 10.2. The Morgan fingerprint density at radius 2 is 2.20 bits per heavy atom. The van der Waals surface area contributed by atoms with E-state index >= 15 is 0 Å². The molecule has 0 saturated heterocycles. The third kappa shape index (κ3) is 2.02. The second-order valence-corrected chi connectivity index (χ2v) is 3.95. The summed E-state index contributed by atoms with van der Waals surface area (Å²) in [6.07, 6.45) is 1.97. The Labute approximate surface area is 89.1 Å². The Balaban J connectivity index is 2.20. The molecule has 2 rings (SSSR count). The summed E-state index contributed by atoms with van der Waals surface area (Å²) in [5, 5.41) is 12.3. The SMILES string of the molecule is CCNC1Cc2ccc(C(=O)O)cc2C1. The second-order valence-electron chi connectivity index (χ2n) is 3.95. The fraction of sp³-hybridized carbons (Fsp3) is 0.417. The summed E-state index contributed by atoms with van der Waals surface area (Å²) in [7, 11) is 0. The van der Waals surface area contributed by atoms with E-state index in [1.54, 1.807) is 12.1 Å². The van der Waals surface area contributed by atoms with E-state index in [-0.39, 0.29) is 0 Å². The fourth-order valence-electron chi connectivity index (χ4n) is 2.18. The lowest BCUT2D eigenvalue weighted by molar-refractivity contribution is 0.0697. The van der Waals surface area contributed by atoms with Crippen molar-refractivity contribution >= 4 is 5.97 Å². The highest BCUT2D eigenvalue weighted by atomic mass is 16.4. The number of hydrogen-bond donors (Lipinski definition) is 2. The number of aromatic carboxylic acids is 1. The Morgan fingerprint density at radius 3 is 2.87 bits per heavy atom. The smallest absolute Gasteiger partial charge is 0.335 e. The lowest BCUT2D eigenvalue weighted by Gasteiger charge is -2.08. The number of carbonyl (C=O) groups is 1. The highest BCUT2D eigenvalue weighted by molar-refractivity contribution is 5.88. The predicted molar refractivity (Wildman–Crippen MR) is 58.3 cm³/mol. The zero-order valence-corrected chi connectivity index (χ0v) is 8.79. The third-order valence-corrected chi connectivity index (χ3v) is 2.88. The van der Waals surface area contributed by atoms with Gasteiger partial charge in [-0.25, -0.2) is 4.79 Å². The maximum absolute atomic E-state index is 10.8. The minimum Gasteiger partial charge on any atom is -0.478 e. The molecule has 0 amide bonds. The van der Waals surface area contributed by atoms with Gasteiger partial charge in [-0.15, -0.1) is 0 Å². The summed E-state index contributed by atoms with van der Waals surface area (Å²) in [5.41, 5.74) is 2.86. The minimum absolute atomic E-state index is 0.394. The van der Waals surface area contributed by atoms with Gasteiger partial charge < -0.3 is 10.4 Å². The van der Waals surface area contributed by atoms with Gasteiger partial charge in [0, 0.05) is 6.04 Å². The van der Waals surface area contributed by atoms with Crippen LogP contribution in [-0.4, -0.2) is 23.7 Å². The highest BCUT2D eigenvalue weighted by Gasteiger charge is 2.21. The summed E-state index contributed by atoms with van der Waals surface area (Å²) < 4.78 is 0. The van der Waals surface area contributed by atoms with Gasteiger partial charge in [-0.1, -0.05) is 13.0 Å². The van der Waals surface area contributed by atoms with Crippen molar-refractivity contribution in [1.29, 1.82) is 0 Å². The molecule has 3 nitrogen and oxygen atoms in total. The molecule has 0 aliphatic heterocycles. The molecule has 80 valence electrons. The molecule has 0 saturated carbocycles. The molecule has 15 heavy (non-hydrogen) atoms. The van der Waals surface area contributed by atoms with E-state index in [1.165, 1.54) is 11.1 Å². The van der Waals surface area contributed by atoms with Crippen LogP contribution in [0.2, 0.25) is 0 Å². The molecule has 0 spiro atoms. The monoisotopic (exact) mass is 205 g/mol. The molecular formula is C12H15NO2. The van der Waals surface area contributed by atoms with Crippen LogP contribution in [0.4, 0.5) is 0 Å². The van der Waals surface area contributed by atoms with Crippen LogP contribution in [0.15, 0.2) is 18.2 Å². The van der Waals surface area contributed by atoms with Crippen LogP contribution in [0.3, 0.4) is 0 Å². The topological polar surface area (TPSA) is 49.3 Å². The number of fused-ring (bicyclic) bond motifs is 1. The maximum atomic E-state index is 10.8.